The van der Waals surface area contributed by atoms with Gasteiger partial charge in [-0.25, -0.2) is 0 Å². The van der Waals surface area contributed by atoms with Crippen LogP contribution in [0.1, 0.15) is 23.5 Å². The number of nitrogens with zero attached hydrogens (tertiary/aromatic N) is 1. The van der Waals surface area contributed by atoms with Gasteiger partial charge < -0.3 is 5.11 Å². The third-order valence-corrected chi connectivity index (χ3v) is 3.87. The summed E-state index contributed by atoms with van der Waals surface area (Å²) in [6, 6.07) is -2.45. The van der Waals surface area contributed by atoms with Crippen LogP contribution in [0.2, 0.25) is 0 Å². The molecule has 6 nitrogen and oxygen atoms in total. The molecular formula is C13H10F6N2O4. The van der Waals surface area contributed by atoms with Gasteiger partial charge in [0.05, 0.1) is 4.92 Å². The molecule has 0 amide bonds. The van der Waals surface area contributed by atoms with Crippen molar-refractivity contribution in [3.8, 4) is 0 Å². The van der Waals surface area contributed by atoms with Gasteiger partial charge in [-0.1, -0.05) is 6.07 Å². The van der Waals surface area contributed by atoms with Gasteiger partial charge in [0.15, 0.2) is 0 Å². The van der Waals surface area contributed by atoms with E-state index in [4.69, 9.17) is 5.11 Å². The number of aliphatic carboxylic acids is 1. The normalized spacial score (nSPS) is 24.3. The maximum absolute atomic E-state index is 13.1. The molecule has 1 fully saturated rings. The predicted molar refractivity (Wildman–Crippen MR) is 69.9 cm³/mol. The van der Waals surface area contributed by atoms with Crippen molar-refractivity contribution in [2.45, 2.75) is 36.8 Å². The highest BCUT2D eigenvalue weighted by Gasteiger charge is 2.52. The Labute approximate surface area is 135 Å². The fraction of sp³-hybridized carbons (Fsp3) is 0.462. The smallest absolute Gasteiger partial charge is 0.423 e. The monoisotopic (exact) mass is 372 g/mol. The number of carboxylic acids is 1. The molecule has 0 bridgehead atoms. The molecule has 1 aliphatic heterocycles. The minimum atomic E-state index is -5.15. The molecule has 25 heavy (non-hydrogen) atoms. The molecular weight excluding hydrogens is 362 g/mol. The molecule has 0 aromatic heterocycles. The van der Waals surface area contributed by atoms with Gasteiger partial charge in [0.25, 0.3) is 5.69 Å². The fourth-order valence-electron chi connectivity index (χ4n) is 2.78. The van der Waals surface area contributed by atoms with Gasteiger partial charge in [-0.05, 0) is 18.1 Å². The summed E-state index contributed by atoms with van der Waals surface area (Å²) >= 11 is 0. The van der Waals surface area contributed by atoms with Gasteiger partial charge in [0, 0.05) is 12.0 Å². The first-order valence-electron chi connectivity index (χ1n) is 6.73. The maximum Gasteiger partial charge on any atom is 0.423 e. The van der Waals surface area contributed by atoms with E-state index in [1.54, 1.807) is 0 Å². The van der Waals surface area contributed by atoms with Gasteiger partial charge in [-0.3, -0.25) is 20.2 Å². The Morgan fingerprint density at radius 3 is 2.28 bits per heavy atom. The number of carboxylic acid groups (broad SMARTS) is 1. The van der Waals surface area contributed by atoms with E-state index in [1.807, 2.05) is 5.32 Å². The lowest BCUT2D eigenvalue weighted by Crippen LogP contribution is -2.45. The summed E-state index contributed by atoms with van der Waals surface area (Å²) in [6.07, 6.45) is -10.7. The zero-order chi connectivity index (χ0) is 19.2. The summed E-state index contributed by atoms with van der Waals surface area (Å²) in [5.41, 5.74) is -3.45. The van der Waals surface area contributed by atoms with Crippen LogP contribution < -0.4 is 5.32 Å². The predicted octanol–water partition coefficient (Wildman–Crippen LogP) is 3.07. The van der Waals surface area contributed by atoms with Crippen LogP contribution in [-0.2, 0) is 11.0 Å². The molecule has 1 unspecified atom stereocenters. The van der Waals surface area contributed by atoms with Crippen LogP contribution in [0.15, 0.2) is 18.2 Å². The molecule has 1 heterocycles. The van der Waals surface area contributed by atoms with Crippen LogP contribution in [0.4, 0.5) is 32.0 Å². The second kappa shape index (κ2) is 6.17. The Kier molecular flexibility index (Phi) is 4.68. The number of nitro groups is 1. The van der Waals surface area contributed by atoms with E-state index in [0.717, 1.165) is 6.07 Å². The zero-order valence-corrected chi connectivity index (χ0v) is 12.1. The molecule has 0 radical (unpaired) electrons. The molecule has 12 heteroatoms. The second-order valence-corrected chi connectivity index (χ2v) is 5.45. The molecule has 0 saturated carbocycles. The molecule has 1 aromatic carbocycles. The Bertz CT molecular complexity index is 703. The van der Waals surface area contributed by atoms with E-state index in [2.05, 4.69) is 0 Å². The van der Waals surface area contributed by atoms with Crippen molar-refractivity contribution >= 4 is 11.7 Å². The number of hydrogen-bond donors (Lipinski definition) is 2. The van der Waals surface area contributed by atoms with Gasteiger partial charge in [0.2, 0.25) is 0 Å². The number of hydrogen-bond acceptors (Lipinski definition) is 4. The SMILES string of the molecule is O=C(O)[C@@H]1CC(c2ccc([N+](=O)[O-])c(C(F)(F)F)c2)[C@H](C(F)(F)F)N1. The molecule has 0 spiro atoms. The fourth-order valence-corrected chi connectivity index (χ4v) is 2.78. The number of rotatable bonds is 3. The molecule has 1 saturated heterocycles. The first-order chi connectivity index (χ1) is 11.3. The lowest BCUT2D eigenvalue weighted by Gasteiger charge is -2.23. The van der Waals surface area contributed by atoms with E-state index in [0.29, 0.717) is 6.07 Å². The lowest BCUT2D eigenvalue weighted by molar-refractivity contribution is -0.388. The third-order valence-electron chi connectivity index (χ3n) is 3.87. The standard InChI is InChI=1S/C13H10F6N2O4/c14-12(15,16)7-3-5(1-2-9(7)21(24)25)6-4-8(11(22)23)20-10(6)13(17,18)19/h1-3,6,8,10,20H,4H2,(H,22,23)/t6?,8-,10+/m0/s1. The van der Waals surface area contributed by atoms with Crippen molar-refractivity contribution in [2.24, 2.45) is 0 Å². The van der Waals surface area contributed by atoms with Crippen molar-refractivity contribution in [3.05, 3.63) is 39.4 Å². The molecule has 2 rings (SSSR count). The summed E-state index contributed by atoms with van der Waals surface area (Å²) in [5.74, 6) is -3.20. The van der Waals surface area contributed by atoms with E-state index in [9.17, 15) is 41.3 Å². The van der Waals surface area contributed by atoms with E-state index < -0.39 is 64.5 Å². The molecule has 2 N–H and O–H groups in total. The third kappa shape index (κ3) is 3.83. The van der Waals surface area contributed by atoms with Gasteiger partial charge in [-0.2, -0.15) is 26.3 Å². The summed E-state index contributed by atoms with van der Waals surface area (Å²) in [7, 11) is 0. The number of alkyl halides is 6. The minimum absolute atomic E-state index is 0.271. The topological polar surface area (TPSA) is 92.5 Å². The van der Waals surface area contributed by atoms with Crippen LogP contribution in [0.3, 0.4) is 0 Å². The van der Waals surface area contributed by atoms with Gasteiger partial charge in [0.1, 0.15) is 17.6 Å². The number of benzene rings is 1. The summed E-state index contributed by atoms with van der Waals surface area (Å²) in [6.45, 7) is 0. The summed E-state index contributed by atoms with van der Waals surface area (Å²) in [5, 5.41) is 21.4. The van der Waals surface area contributed by atoms with Crippen molar-refractivity contribution in [2.75, 3.05) is 0 Å². The minimum Gasteiger partial charge on any atom is -0.480 e. The van der Waals surface area contributed by atoms with Gasteiger partial charge >= 0.3 is 18.3 Å². The van der Waals surface area contributed by atoms with Crippen LogP contribution in [0.5, 0.6) is 0 Å². The molecule has 0 aliphatic carbocycles. The molecule has 1 aliphatic rings. The van der Waals surface area contributed by atoms with Crippen molar-refractivity contribution in [3.63, 3.8) is 0 Å². The van der Waals surface area contributed by atoms with Gasteiger partial charge in [-0.15, -0.1) is 0 Å². The Hall–Kier alpha value is -2.37. The lowest BCUT2D eigenvalue weighted by atomic mass is 9.89. The Morgan fingerprint density at radius 1 is 1.24 bits per heavy atom. The van der Waals surface area contributed by atoms with Crippen molar-refractivity contribution < 1.29 is 41.2 Å². The molecule has 138 valence electrons. The van der Waals surface area contributed by atoms with Crippen molar-refractivity contribution in [1.29, 1.82) is 0 Å². The Balaban J connectivity index is 2.52. The second-order valence-electron chi connectivity index (χ2n) is 5.45. The average molecular weight is 372 g/mol. The van der Waals surface area contributed by atoms with Crippen LogP contribution >= 0.6 is 0 Å². The molecule has 3 atom stereocenters. The van der Waals surface area contributed by atoms with E-state index in [1.165, 1.54) is 0 Å². The van der Waals surface area contributed by atoms with Crippen LogP contribution in [-0.4, -0.2) is 34.3 Å². The first kappa shape index (κ1) is 19.0. The van der Waals surface area contributed by atoms with E-state index in [-0.39, 0.29) is 6.07 Å². The Morgan fingerprint density at radius 2 is 1.84 bits per heavy atom. The zero-order valence-electron chi connectivity index (χ0n) is 12.1. The number of nitrogens with one attached hydrogen (secondary N) is 1. The summed E-state index contributed by atoms with van der Waals surface area (Å²) < 4.78 is 78.2. The average Bonchev–Trinajstić information content (AvgIpc) is 2.91. The highest BCUT2D eigenvalue weighted by atomic mass is 19.4. The highest BCUT2D eigenvalue weighted by molar-refractivity contribution is 5.74. The van der Waals surface area contributed by atoms with Crippen LogP contribution in [0, 0.1) is 10.1 Å². The number of nitro benzene ring substituents is 1. The maximum atomic E-state index is 13.1. The number of halogens is 6. The van der Waals surface area contributed by atoms with E-state index >= 15 is 0 Å². The van der Waals surface area contributed by atoms with Crippen molar-refractivity contribution in [1.82, 2.24) is 5.32 Å². The highest BCUT2D eigenvalue weighted by Crippen LogP contribution is 2.43. The summed E-state index contributed by atoms with van der Waals surface area (Å²) in [4.78, 5) is 20.3. The van der Waals surface area contributed by atoms with Crippen LogP contribution in [0.25, 0.3) is 0 Å². The molecule has 1 aromatic rings. The first-order valence-corrected chi connectivity index (χ1v) is 6.73. The quantitative estimate of drug-likeness (QED) is 0.483. The number of carbonyl (C=O) groups is 1. The largest absolute Gasteiger partial charge is 0.480 e.